The first-order valence-electron chi connectivity index (χ1n) is 7.84. The average molecular weight is 352 g/mol. The molecule has 0 saturated carbocycles. The summed E-state index contributed by atoms with van der Waals surface area (Å²) < 4.78 is 0. The molecule has 3 rings (SSSR count). The molecule has 25 heavy (non-hydrogen) atoms. The van der Waals surface area contributed by atoms with Gasteiger partial charge in [-0.1, -0.05) is 48.0 Å². The van der Waals surface area contributed by atoms with E-state index in [1.165, 1.54) is 0 Å². The number of halogens is 1. The second-order valence-corrected chi connectivity index (χ2v) is 6.23. The molecule has 3 aromatic rings. The van der Waals surface area contributed by atoms with E-state index in [1.807, 2.05) is 73.6 Å². The highest BCUT2D eigenvalue weighted by molar-refractivity contribution is 6.33. The predicted molar refractivity (Wildman–Crippen MR) is 105 cm³/mol. The summed E-state index contributed by atoms with van der Waals surface area (Å²) >= 11 is 6.25. The largest absolute Gasteiger partial charge is 0.378 e. The minimum atomic E-state index is -0.255. The lowest BCUT2D eigenvalue weighted by molar-refractivity contribution is 0.0957. The Morgan fingerprint density at radius 3 is 2.60 bits per heavy atom. The molecule has 0 unspecified atom stereocenters. The number of benzene rings is 3. The zero-order valence-electron chi connectivity index (χ0n) is 14.0. The second-order valence-electron chi connectivity index (χ2n) is 5.83. The van der Waals surface area contributed by atoms with Gasteiger partial charge in [-0.2, -0.15) is 5.10 Å². The summed E-state index contributed by atoms with van der Waals surface area (Å²) in [6.45, 7) is 0. The zero-order valence-corrected chi connectivity index (χ0v) is 14.8. The third-order valence-corrected chi connectivity index (χ3v) is 4.23. The van der Waals surface area contributed by atoms with Crippen molar-refractivity contribution < 1.29 is 4.79 Å². The highest BCUT2D eigenvalue weighted by Crippen LogP contribution is 2.21. The second kappa shape index (κ2) is 7.36. The Labute approximate surface area is 151 Å². The first-order valence-corrected chi connectivity index (χ1v) is 8.22. The van der Waals surface area contributed by atoms with Crippen LogP contribution in [0.3, 0.4) is 0 Å². The Balaban J connectivity index is 1.77. The molecule has 0 aliphatic heterocycles. The van der Waals surface area contributed by atoms with Gasteiger partial charge >= 0.3 is 0 Å². The first-order chi connectivity index (χ1) is 12.1. The number of carbonyl (C=O) groups is 1. The molecule has 0 aliphatic rings. The maximum Gasteiger partial charge on any atom is 0.271 e. The molecule has 0 radical (unpaired) electrons. The number of hydrogen-bond acceptors (Lipinski definition) is 3. The van der Waals surface area contributed by atoms with Crippen LogP contribution in [0.25, 0.3) is 10.8 Å². The van der Waals surface area contributed by atoms with Gasteiger partial charge in [0.05, 0.1) is 11.2 Å². The van der Waals surface area contributed by atoms with Gasteiger partial charge in [0.1, 0.15) is 0 Å². The van der Waals surface area contributed by atoms with Crippen molar-refractivity contribution in [2.45, 2.75) is 0 Å². The third kappa shape index (κ3) is 3.80. The average Bonchev–Trinajstić information content (AvgIpc) is 2.62. The van der Waals surface area contributed by atoms with Crippen LogP contribution in [0, 0.1) is 0 Å². The van der Waals surface area contributed by atoms with Crippen LogP contribution in [-0.2, 0) is 0 Å². The van der Waals surface area contributed by atoms with Crippen molar-refractivity contribution in [1.29, 1.82) is 0 Å². The summed E-state index contributed by atoms with van der Waals surface area (Å²) in [6, 6.07) is 19.0. The summed E-state index contributed by atoms with van der Waals surface area (Å²) in [5.41, 5.74) is 4.90. The molecule has 126 valence electrons. The van der Waals surface area contributed by atoms with Crippen LogP contribution in [0.5, 0.6) is 0 Å². The monoisotopic (exact) mass is 351 g/mol. The zero-order chi connectivity index (χ0) is 17.8. The number of anilines is 1. The van der Waals surface area contributed by atoms with Gasteiger partial charge in [0, 0.05) is 30.9 Å². The minimum Gasteiger partial charge on any atom is -0.378 e. The van der Waals surface area contributed by atoms with E-state index in [4.69, 9.17) is 11.6 Å². The van der Waals surface area contributed by atoms with Gasteiger partial charge in [-0.3, -0.25) is 4.79 Å². The van der Waals surface area contributed by atoms with Gasteiger partial charge in [-0.25, -0.2) is 5.43 Å². The van der Waals surface area contributed by atoms with E-state index in [0.29, 0.717) is 10.6 Å². The van der Waals surface area contributed by atoms with Crippen molar-refractivity contribution in [2.24, 2.45) is 5.10 Å². The van der Waals surface area contributed by atoms with Gasteiger partial charge in [0.15, 0.2) is 0 Å². The standard InChI is InChI=1S/C20H18ClN3O/c1-24(2)16-11-10-15(19(21)12-16)13-22-23-20(25)18-9-5-7-14-6-3-4-8-17(14)18/h3-13H,1-2H3,(H,23,25)/b22-13-. The molecule has 0 aliphatic carbocycles. The van der Waals surface area contributed by atoms with Crippen molar-refractivity contribution in [3.05, 3.63) is 76.8 Å². The molecule has 1 amide bonds. The molecule has 0 heterocycles. The van der Waals surface area contributed by atoms with Crippen molar-refractivity contribution in [1.82, 2.24) is 5.43 Å². The van der Waals surface area contributed by atoms with Crippen LogP contribution in [0.1, 0.15) is 15.9 Å². The Bertz CT molecular complexity index is 945. The van der Waals surface area contributed by atoms with Crippen molar-refractivity contribution >= 4 is 40.2 Å². The SMILES string of the molecule is CN(C)c1ccc(/C=N\NC(=O)c2cccc3ccccc23)c(Cl)c1. The summed E-state index contributed by atoms with van der Waals surface area (Å²) in [6.07, 6.45) is 1.55. The Hall–Kier alpha value is -2.85. The lowest BCUT2D eigenvalue weighted by Gasteiger charge is -2.13. The van der Waals surface area contributed by atoms with Gasteiger partial charge in [-0.15, -0.1) is 0 Å². The first kappa shape index (κ1) is 17.0. The number of hydrazone groups is 1. The number of nitrogens with zero attached hydrogens (tertiary/aromatic N) is 2. The molecule has 5 heteroatoms. The molecular formula is C20H18ClN3O. The van der Waals surface area contributed by atoms with E-state index in [9.17, 15) is 4.79 Å². The Kier molecular flexibility index (Phi) is 5.00. The van der Waals surface area contributed by atoms with Crippen molar-refractivity contribution in [3.63, 3.8) is 0 Å². The van der Waals surface area contributed by atoms with Crippen LogP contribution in [0.2, 0.25) is 5.02 Å². The van der Waals surface area contributed by atoms with Crippen LogP contribution in [-0.4, -0.2) is 26.2 Å². The minimum absolute atomic E-state index is 0.255. The van der Waals surface area contributed by atoms with Crippen molar-refractivity contribution in [2.75, 3.05) is 19.0 Å². The number of hydrogen-bond donors (Lipinski definition) is 1. The normalized spacial score (nSPS) is 11.0. The summed E-state index contributed by atoms with van der Waals surface area (Å²) in [4.78, 5) is 14.4. The Morgan fingerprint density at radius 1 is 1.08 bits per heavy atom. The lowest BCUT2D eigenvalue weighted by atomic mass is 10.0. The number of nitrogens with one attached hydrogen (secondary N) is 1. The molecule has 0 fully saturated rings. The predicted octanol–water partition coefficient (Wildman–Crippen LogP) is 4.32. The topological polar surface area (TPSA) is 44.7 Å². The summed E-state index contributed by atoms with van der Waals surface area (Å²) in [5, 5.41) is 6.53. The number of fused-ring (bicyclic) bond motifs is 1. The quantitative estimate of drug-likeness (QED) is 0.562. The van der Waals surface area contributed by atoms with E-state index in [-0.39, 0.29) is 5.91 Å². The molecule has 0 aromatic heterocycles. The van der Waals surface area contributed by atoms with Gasteiger partial charge in [-0.05, 0) is 35.0 Å². The van der Waals surface area contributed by atoms with Crippen LogP contribution < -0.4 is 10.3 Å². The van der Waals surface area contributed by atoms with Crippen LogP contribution in [0.15, 0.2) is 65.8 Å². The summed E-state index contributed by atoms with van der Waals surface area (Å²) in [7, 11) is 3.90. The lowest BCUT2D eigenvalue weighted by Crippen LogP contribution is -2.18. The molecule has 1 N–H and O–H groups in total. The fourth-order valence-corrected chi connectivity index (χ4v) is 2.77. The molecule has 3 aromatic carbocycles. The molecule has 0 atom stereocenters. The van der Waals surface area contributed by atoms with Crippen LogP contribution in [0.4, 0.5) is 5.69 Å². The Morgan fingerprint density at radius 2 is 1.84 bits per heavy atom. The molecule has 0 spiro atoms. The van der Waals surface area contributed by atoms with Crippen molar-refractivity contribution in [3.8, 4) is 0 Å². The van der Waals surface area contributed by atoms with Gasteiger partial charge in [0.25, 0.3) is 5.91 Å². The highest BCUT2D eigenvalue weighted by atomic mass is 35.5. The maximum atomic E-state index is 12.4. The molecule has 0 bridgehead atoms. The third-order valence-electron chi connectivity index (χ3n) is 3.90. The molecule has 0 saturated heterocycles. The number of rotatable bonds is 4. The fraction of sp³-hybridized carbons (Fsp3) is 0.100. The van der Waals surface area contributed by atoms with E-state index in [1.54, 1.807) is 12.3 Å². The highest BCUT2D eigenvalue weighted by Gasteiger charge is 2.08. The molecule has 4 nitrogen and oxygen atoms in total. The van der Waals surface area contributed by atoms with E-state index in [2.05, 4.69) is 10.5 Å². The van der Waals surface area contributed by atoms with E-state index < -0.39 is 0 Å². The molecular weight excluding hydrogens is 334 g/mol. The number of carbonyl (C=O) groups excluding carboxylic acids is 1. The van der Waals surface area contributed by atoms with Gasteiger partial charge in [0.2, 0.25) is 0 Å². The smallest absolute Gasteiger partial charge is 0.271 e. The van der Waals surface area contributed by atoms with E-state index in [0.717, 1.165) is 22.0 Å². The van der Waals surface area contributed by atoms with E-state index >= 15 is 0 Å². The number of amides is 1. The van der Waals surface area contributed by atoms with Gasteiger partial charge < -0.3 is 4.90 Å². The fourth-order valence-electron chi connectivity index (χ4n) is 2.54. The van der Waals surface area contributed by atoms with Crippen LogP contribution >= 0.6 is 11.6 Å². The summed E-state index contributed by atoms with van der Waals surface area (Å²) in [5.74, 6) is -0.255. The maximum absolute atomic E-state index is 12.4.